The maximum atomic E-state index is 11.7. The number of anilines is 1. The normalized spacial score (nSPS) is 19.4. The number of aliphatic carboxylic acids is 1. The molecule has 0 bridgehead atoms. The molecular formula is C11H10N2O4. The van der Waals surface area contributed by atoms with Crippen LogP contribution in [0.2, 0.25) is 0 Å². The Morgan fingerprint density at radius 1 is 1.59 bits per heavy atom. The van der Waals surface area contributed by atoms with Crippen LogP contribution in [0.25, 0.3) is 0 Å². The van der Waals surface area contributed by atoms with Crippen molar-refractivity contribution in [2.24, 2.45) is 5.92 Å². The second-order valence-electron chi connectivity index (χ2n) is 3.80. The average molecular weight is 234 g/mol. The van der Waals surface area contributed by atoms with Gasteiger partial charge in [-0.1, -0.05) is 0 Å². The molecule has 1 aliphatic rings. The Morgan fingerprint density at radius 2 is 2.35 bits per heavy atom. The van der Waals surface area contributed by atoms with E-state index < -0.39 is 11.9 Å². The maximum absolute atomic E-state index is 11.7. The summed E-state index contributed by atoms with van der Waals surface area (Å²) >= 11 is 0. The zero-order chi connectivity index (χ0) is 12.4. The van der Waals surface area contributed by atoms with Crippen LogP contribution in [0, 0.1) is 5.92 Å². The molecule has 1 saturated heterocycles. The van der Waals surface area contributed by atoms with Gasteiger partial charge in [-0.3, -0.25) is 19.4 Å². The highest BCUT2D eigenvalue weighted by atomic mass is 16.4. The van der Waals surface area contributed by atoms with Gasteiger partial charge in [0, 0.05) is 25.4 Å². The minimum Gasteiger partial charge on any atom is -0.481 e. The number of carboxylic acids is 1. The molecular weight excluding hydrogens is 224 g/mol. The van der Waals surface area contributed by atoms with Gasteiger partial charge in [0.1, 0.15) is 0 Å². The third kappa shape index (κ3) is 2.01. The lowest BCUT2D eigenvalue weighted by Gasteiger charge is -2.17. The lowest BCUT2D eigenvalue weighted by molar-refractivity contribution is -0.141. The standard InChI is InChI=1S/C11H10N2O4/c14-6-8-4-12-2-1-9(8)13-5-7(11(16)17)3-10(13)15/h1-2,4,6-7H,3,5H2,(H,16,17). The summed E-state index contributed by atoms with van der Waals surface area (Å²) in [5, 5.41) is 8.86. The Bertz CT molecular complexity index is 486. The van der Waals surface area contributed by atoms with E-state index in [4.69, 9.17) is 5.11 Å². The van der Waals surface area contributed by atoms with E-state index in [0.717, 1.165) is 0 Å². The number of carboxylic acid groups (broad SMARTS) is 1. The lowest BCUT2D eigenvalue weighted by Crippen LogP contribution is -2.26. The first-order chi connectivity index (χ1) is 8.13. The summed E-state index contributed by atoms with van der Waals surface area (Å²) in [4.78, 5) is 38.4. The molecule has 0 radical (unpaired) electrons. The van der Waals surface area contributed by atoms with Crippen LogP contribution in [-0.2, 0) is 9.59 Å². The van der Waals surface area contributed by atoms with Gasteiger partial charge >= 0.3 is 5.97 Å². The maximum Gasteiger partial charge on any atom is 0.308 e. The number of carbonyl (C=O) groups excluding carboxylic acids is 2. The first-order valence-electron chi connectivity index (χ1n) is 5.06. The summed E-state index contributed by atoms with van der Waals surface area (Å²) in [6.07, 6.45) is 3.38. The van der Waals surface area contributed by atoms with Crippen molar-refractivity contribution in [1.29, 1.82) is 0 Å². The first-order valence-corrected chi connectivity index (χ1v) is 5.06. The lowest BCUT2D eigenvalue weighted by atomic mass is 10.1. The molecule has 1 aromatic heterocycles. The predicted octanol–water partition coefficient (Wildman–Crippen LogP) is 0.332. The second-order valence-corrected chi connectivity index (χ2v) is 3.80. The molecule has 1 N–H and O–H groups in total. The van der Waals surface area contributed by atoms with Crippen molar-refractivity contribution in [2.45, 2.75) is 6.42 Å². The van der Waals surface area contributed by atoms with Crippen molar-refractivity contribution >= 4 is 23.9 Å². The minimum absolute atomic E-state index is 0.0318. The molecule has 1 aromatic rings. The molecule has 2 heterocycles. The molecule has 0 spiro atoms. The molecule has 0 saturated carbocycles. The van der Waals surface area contributed by atoms with E-state index in [1.54, 1.807) is 0 Å². The summed E-state index contributed by atoms with van der Waals surface area (Å²) < 4.78 is 0. The van der Waals surface area contributed by atoms with Gasteiger partial charge in [-0.05, 0) is 6.07 Å². The summed E-state index contributed by atoms with van der Waals surface area (Å²) in [7, 11) is 0. The largest absolute Gasteiger partial charge is 0.481 e. The van der Waals surface area contributed by atoms with E-state index in [0.29, 0.717) is 12.0 Å². The molecule has 88 valence electrons. The number of amides is 1. The highest BCUT2D eigenvalue weighted by Crippen LogP contribution is 2.26. The van der Waals surface area contributed by atoms with Gasteiger partial charge in [0.25, 0.3) is 0 Å². The van der Waals surface area contributed by atoms with Crippen LogP contribution < -0.4 is 4.90 Å². The highest BCUT2D eigenvalue weighted by Gasteiger charge is 2.35. The Labute approximate surface area is 96.9 Å². The quantitative estimate of drug-likeness (QED) is 0.761. The number of rotatable bonds is 3. The van der Waals surface area contributed by atoms with Crippen LogP contribution in [0.4, 0.5) is 5.69 Å². The van der Waals surface area contributed by atoms with Crippen molar-refractivity contribution in [3.63, 3.8) is 0 Å². The van der Waals surface area contributed by atoms with Gasteiger partial charge in [-0.2, -0.15) is 0 Å². The van der Waals surface area contributed by atoms with Crippen molar-refractivity contribution < 1.29 is 19.5 Å². The number of hydrogen-bond donors (Lipinski definition) is 1. The number of pyridine rings is 1. The van der Waals surface area contributed by atoms with Crippen molar-refractivity contribution in [3.8, 4) is 0 Å². The van der Waals surface area contributed by atoms with E-state index in [-0.39, 0.29) is 24.4 Å². The molecule has 1 unspecified atom stereocenters. The molecule has 0 aliphatic carbocycles. The molecule has 1 fully saturated rings. The molecule has 1 atom stereocenters. The van der Waals surface area contributed by atoms with Gasteiger partial charge in [0.2, 0.25) is 5.91 Å². The van der Waals surface area contributed by atoms with Gasteiger partial charge in [0.05, 0.1) is 17.2 Å². The van der Waals surface area contributed by atoms with Crippen molar-refractivity contribution in [1.82, 2.24) is 4.98 Å². The van der Waals surface area contributed by atoms with Crippen LogP contribution in [0.5, 0.6) is 0 Å². The summed E-state index contributed by atoms with van der Waals surface area (Å²) in [5.41, 5.74) is 0.704. The van der Waals surface area contributed by atoms with Gasteiger partial charge in [-0.15, -0.1) is 0 Å². The fraction of sp³-hybridized carbons (Fsp3) is 0.273. The van der Waals surface area contributed by atoms with Crippen LogP contribution >= 0.6 is 0 Å². The van der Waals surface area contributed by atoms with E-state index in [9.17, 15) is 14.4 Å². The van der Waals surface area contributed by atoms with E-state index >= 15 is 0 Å². The number of nitrogens with zero attached hydrogens (tertiary/aromatic N) is 2. The molecule has 6 heteroatoms. The first kappa shape index (κ1) is 11.3. The predicted molar refractivity (Wildman–Crippen MR) is 57.7 cm³/mol. The molecule has 1 aliphatic heterocycles. The molecule has 1 amide bonds. The van der Waals surface area contributed by atoms with Crippen molar-refractivity contribution in [3.05, 3.63) is 24.0 Å². The summed E-state index contributed by atoms with van der Waals surface area (Å²) in [5.74, 6) is -2.00. The number of carbonyl (C=O) groups is 3. The monoisotopic (exact) mass is 234 g/mol. The third-order valence-electron chi connectivity index (χ3n) is 2.72. The van der Waals surface area contributed by atoms with Crippen LogP contribution in [0.3, 0.4) is 0 Å². The fourth-order valence-electron chi connectivity index (χ4n) is 1.84. The van der Waals surface area contributed by atoms with Gasteiger partial charge < -0.3 is 10.0 Å². The Morgan fingerprint density at radius 3 is 2.94 bits per heavy atom. The topological polar surface area (TPSA) is 87.6 Å². The average Bonchev–Trinajstić information content (AvgIpc) is 2.71. The Kier molecular flexibility index (Phi) is 2.86. The second kappa shape index (κ2) is 4.32. The number of aldehydes is 1. The molecule has 6 nitrogen and oxygen atoms in total. The van der Waals surface area contributed by atoms with Crippen LogP contribution in [-0.4, -0.2) is 34.8 Å². The Balaban J connectivity index is 2.32. The SMILES string of the molecule is O=Cc1cnccc1N1CC(C(=O)O)CC1=O. The molecule has 2 rings (SSSR count). The van der Waals surface area contributed by atoms with E-state index in [1.165, 1.54) is 23.4 Å². The zero-order valence-electron chi connectivity index (χ0n) is 8.87. The van der Waals surface area contributed by atoms with Gasteiger partial charge in [0.15, 0.2) is 6.29 Å². The van der Waals surface area contributed by atoms with Crippen LogP contribution in [0.1, 0.15) is 16.8 Å². The highest BCUT2D eigenvalue weighted by molar-refractivity contribution is 6.02. The number of aromatic nitrogens is 1. The van der Waals surface area contributed by atoms with E-state index in [2.05, 4.69) is 4.98 Å². The summed E-state index contributed by atoms with van der Waals surface area (Å²) in [6.45, 7) is 0.0962. The number of hydrogen-bond acceptors (Lipinski definition) is 4. The van der Waals surface area contributed by atoms with E-state index in [1.807, 2.05) is 0 Å². The Hall–Kier alpha value is -2.24. The smallest absolute Gasteiger partial charge is 0.308 e. The fourth-order valence-corrected chi connectivity index (χ4v) is 1.84. The van der Waals surface area contributed by atoms with Gasteiger partial charge in [-0.25, -0.2) is 0 Å². The minimum atomic E-state index is -0.998. The molecule has 17 heavy (non-hydrogen) atoms. The molecule has 0 aromatic carbocycles. The summed E-state index contributed by atoms with van der Waals surface area (Å²) in [6, 6.07) is 1.53. The third-order valence-corrected chi connectivity index (χ3v) is 2.72. The van der Waals surface area contributed by atoms with Crippen LogP contribution in [0.15, 0.2) is 18.5 Å². The zero-order valence-corrected chi connectivity index (χ0v) is 8.87. The van der Waals surface area contributed by atoms with Crippen molar-refractivity contribution in [2.75, 3.05) is 11.4 Å².